The number of thioether (sulfide) groups is 1. The third-order valence-corrected chi connectivity index (χ3v) is 5.35. The molecule has 0 bridgehead atoms. The molecule has 2 heterocycles. The minimum absolute atomic E-state index is 0.00193. The molecule has 132 valence electrons. The molecule has 0 aliphatic carbocycles. The number of nitrogens with zero attached hydrogens (tertiary/aromatic N) is 1. The number of fused-ring (bicyclic) bond motifs is 1. The summed E-state index contributed by atoms with van der Waals surface area (Å²) in [6.45, 7) is 2.90. The monoisotopic (exact) mass is 357 g/mol. The fourth-order valence-electron chi connectivity index (χ4n) is 2.82. The van der Waals surface area contributed by atoms with E-state index in [9.17, 15) is 24.6 Å². The van der Waals surface area contributed by atoms with Gasteiger partial charge in [-0.2, -0.15) is 0 Å². The number of allylic oxidation sites excluding steroid dienone is 1. The number of carboxylic acids is 2. The van der Waals surface area contributed by atoms with E-state index in [2.05, 4.69) is 5.32 Å². The van der Waals surface area contributed by atoms with Gasteiger partial charge in [-0.1, -0.05) is 0 Å². The Morgan fingerprint density at radius 1 is 1.42 bits per heavy atom. The first-order chi connectivity index (χ1) is 11.1. The molecule has 0 aromatic rings. The number of aliphatic carboxylic acids is 2. The van der Waals surface area contributed by atoms with Crippen LogP contribution < -0.4 is 5.32 Å². The lowest BCUT2D eigenvalue weighted by molar-refractivity contribution is -0.156. The van der Waals surface area contributed by atoms with Gasteiger partial charge in [-0.25, -0.2) is 9.59 Å². The van der Waals surface area contributed by atoms with Crippen LogP contribution in [0.3, 0.4) is 0 Å². The van der Waals surface area contributed by atoms with Crippen molar-refractivity contribution in [3.63, 3.8) is 0 Å². The number of hydrogen-bond acceptors (Lipinski definition) is 6. The average molecular weight is 357 g/mol. The van der Waals surface area contributed by atoms with Gasteiger partial charge in [0.2, 0.25) is 5.91 Å². The van der Waals surface area contributed by atoms with Crippen LogP contribution in [0.4, 0.5) is 0 Å². The summed E-state index contributed by atoms with van der Waals surface area (Å²) >= 11 is 1.18. The van der Waals surface area contributed by atoms with E-state index in [1.807, 2.05) is 0 Å². The van der Waals surface area contributed by atoms with Crippen LogP contribution in [-0.2, 0) is 14.4 Å². The van der Waals surface area contributed by atoms with E-state index in [1.165, 1.54) is 25.6 Å². The molecule has 2 aliphatic heterocycles. The standard InChI is InChI=1S/C14H19N3O6S/c1-5(18)9-11(19)17-10(14(22)23)8(24-12(9)17)4-3-7(13(20)21)16-6(2)15/h5,7,9,12,18H,3-4H2,1-2H3,(H2,15,16)(H,20,21)(H,22,23)/t5?,7?,9?,12-/m0/s1. The van der Waals surface area contributed by atoms with Crippen molar-refractivity contribution in [1.29, 1.82) is 5.41 Å². The summed E-state index contributed by atoms with van der Waals surface area (Å²) in [4.78, 5) is 36.3. The molecule has 5 N–H and O–H groups in total. The molecule has 24 heavy (non-hydrogen) atoms. The second-order valence-electron chi connectivity index (χ2n) is 5.76. The predicted molar refractivity (Wildman–Crippen MR) is 85.3 cm³/mol. The van der Waals surface area contributed by atoms with Crippen molar-refractivity contribution >= 4 is 35.4 Å². The molecule has 2 aliphatic rings. The van der Waals surface area contributed by atoms with Gasteiger partial charge in [0.25, 0.3) is 0 Å². The van der Waals surface area contributed by atoms with Crippen LogP contribution in [0, 0.1) is 11.3 Å². The molecule has 3 unspecified atom stereocenters. The number of β-lactam (4-membered cyclic amide) rings is 1. The number of nitrogens with one attached hydrogen (secondary N) is 2. The zero-order chi connectivity index (χ0) is 18.2. The number of aliphatic hydroxyl groups is 1. The lowest BCUT2D eigenvalue weighted by atomic mass is 9.92. The highest BCUT2D eigenvalue weighted by Gasteiger charge is 2.57. The Hall–Kier alpha value is -2.07. The molecule has 2 rings (SSSR count). The number of amides is 1. The Bertz CT molecular complexity index is 632. The first kappa shape index (κ1) is 18.3. The minimum Gasteiger partial charge on any atom is -0.480 e. The average Bonchev–Trinajstić information content (AvgIpc) is 2.76. The van der Waals surface area contributed by atoms with Crippen LogP contribution in [0.15, 0.2) is 10.6 Å². The maximum absolute atomic E-state index is 12.1. The number of hydrogen-bond donors (Lipinski definition) is 5. The summed E-state index contributed by atoms with van der Waals surface area (Å²) in [5.41, 5.74) is -0.136. The van der Waals surface area contributed by atoms with E-state index < -0.39 is 41.3 Å². The zero-order valence-corrected chi connectivity index (χ0v) is 14.0. The molecule has 10 heteroatoms. The van der Waals surface area contributed by atoms with Gasteiger partial charge in [0.1, 0.15) is 17.1 Å². The largest absolute Gasteiger partial charge is 0.480 e. The van der Waals surface area contributed by atoms with Gasteiger partial charge in [-0.05, 0) is 26.7 Å². The van der Waals surface area contributed by atoms with Crippen molar-refractivity contribution in [3.8, 4) is 0 Å². The number of amidine groups is 1. The van der Waals surface area contributed by atoms with Crippen molar-refractivity contribution in [2.45, 2.75) is 44.2 Å². The number of carboxylic acid groups (broad SMARTS) is 2. The van der Waals surface area contributed by atoms with Gasteiger partial charge in [0.15, 0.2) is 0 Å². The van der Waals surface area contributed by atoms with Gasteiger partial charge in [0, 0.05) is 4.91 Å². The first-order valence-corrected chi connectivity index (χ1v) is 8.21. The predicted octanol–water partition coefficient (Wildman–Crippen LogP) is 0.0149. The maximum atomic E-state index is 12.1. The Morgan fingerprint density at radius 2 is 2.04 bits per heavy atom. The van der Waals surface area contributed by atoms with Crippen molar-refractivity contribution in [2.75, 3.05) is 0 Å². The molecular weight excluding hydrogens is 338 g/mol. The van der Waals surface area contributed by atoms with Crippen LogP contribution in [-0.4, -0.2) is 61.4 Å². The molecule has 0 aromatic heterocycles. The third-order valence-electron chi connectivity index (χ3n) is 3.92. The first-order valence-electron chi connectivity index (χ1n) is 7.33. The maximum Gasteiger partial charge on any atom is 0.353 e. The molecule has 9 nitrogen and oxygen atoms in total. The number of carbonyl (C=O) groups excluding carboxylic acids is 1. The smallest absolute Gasteiger partial charge is 0.353 e. The number of rotatable bonds is 7. The second-order valence-corrected chi connectivity index (χ2v) is 6.97. The van der Waals surface area contributed by atoms with Gasteiger partial charge in [0.05, 0.1) is 17.9 Å². The molecule has 1 amide bonds. The van der Waals surface area contributed by atoms with Crippen LogP contribution in [0.1, 0.15) is 26.7 Å². The molecule has 0 spiro atoms. The summed E-state index contributed by atoms with van der Waals surface area (Å²) in [6, 6.07) is -1.01. The van der Waals surface area contributed by atoms with Gasteiger partial charge in [-0.3, -0.25) is 15.1 Å². The molecular formula is C14H19N3O6S. The molecule has 1 saturated heterocycles. The Balaban J connectivity index is 2.14. The van der Waals surface area contributed by atoms with Gasteiger partial charge < -0.3 is 20.6 Å². The second kappa shape index (κ2) is 6.81. The van der Waals surface area contributed by atoms with Gasteiger partial charge >= 0.3 is 11.9 Å². The summed E-state index contributed by atoms with van der Waals surface area (Å²) in [5.74, 6) is -3.47. The summed E-state index contributed by atoms with van der Waals surface area (Å²) in [6.07, 6.45) is -0.649. The third kappa shape index (κ3) is 3.24. The van der Waals surface area contributed by atoms with E-state index >= 15 is 0 Å². The van der Waals surface area contributed by atoms with Crippen molar-refractivity contribution in [2.24, 2.45) is 5.92 Å². The highest BCUT2D eigenvalue weighted by Crippen LogP contribution is 2.51. The molecule has 1 fully saturated rings. The lowest BCUT2D eigenvalue weighted by Crippen LogP contribution is -2.60. The van der Waals surface area contributed by atoms with Crippen LogP contribution in [0.2, 0.25) is 0 Å². The Kier molecular flexibility index (Phi) is 5.19. The van der Waals surface area contributed by atoms with E-state index in [-0.39, 0.29) is 24.4 Å². The van der Waals surface area contributed by atoms with Gasteiger partial charge in [-0.15, -0.1) is 11.8 Å². The highest BCUT2D eigenvalue weighted by atomic mass is 32.2. The number of aliphatic hydroxyl groups excluding tert-OH is 1. The Morgan fingerprint density at radius 3 is 2.50 bits per heavy atom. The topological polar surface area (TPSA) is 151 Å². The minimum atomic E-state index is -1.25. The zero-order valence-electron chi connectivity index (χ0n) is 13.1. The van der Waals surface area contributed by atoms with E-state index in [0.29, 0.717) is 4.91 Å². The Labute approximate surface area is 142 Å². The van der Waals surface area contributed by atoms with Crippen molar-refractivity contribution < 1.29 is 29.7 Å². The van der Waals surface area contributed by atoms with Crippen LogP contribution in [0.25, 0.3) is 0 Å². The summed E-state index contributed by atoms with van der Waals surface area (Å²) in [7, 11) is 0. The SMILES string of the molecule is CC(=N)NC(CCC1=C(C(=O)O)N2C(=O)C(C(C)O)[C@@H]2S1)C(=O)O. The van der Waals surface area contributed by atoms with Crippen LogP contribution >= 0.6 is 11.8 Å². The van der Waals surface area contributed by atoms with E-state index in [0.717, 1.165) is 4.90 Å². The van der Waals surface area contributed by atoms with E-state index in [1.54, 1.807) is 0 Å². The molecule has 0 aromatic carbocycles. The highest BCUT2D eigenvalue weighted by molar-refractivity contribution is 8.04. The molecule has 4 atom stereocenters. The molecule has 0 radical (unpaired) electrons. The summed E-state index contributed by atoms with van der Waals surface area (Å²) in [5, 5.41) is 37.5. The fourth-order valence-corrected chi connectivity index (χ4v) is 4.45. The van der Waals surface area contributed by atoms with Crippen molar-refractivity contribution in [3.05, 3.63) is 10.6 Å². The fraction of sp³-hybridized carbons (Fsp3) is 0.571. The van der Waals surface area contributed by atoms with Crippen LogP contribution in [0.5, 0.6) is 0 Å². The normalized spacial score (nSPS) is 25.0. The van der Waals surface area contributed by atoms with E-state index in [4.69, 9.17) is 10.5 Å². The molecule has 0 saturated carbocycles. The quantitative estimate of drug-likeness (QED) is 0.243. The number of carbonyl (C=O) groups is 3. The lowest BCUT2D eigenvalue weighted by Gasteiger charge is -2.43. The summed E-state index contributed by atoms with van der Waals surface area (Å²) < 4.78 is 0. The van der Waals surface area contributed by atoms with Crippen molar-refractivity contribution in [1.82, 2.24) is 10.2 Å².